The van der Waals surface area contributed by atoms with Crippen molar-refractivity contribution in [3.8, 4) is 0 Å². The Bertz CT molecular complexity index is 135. The summed E-state index contributed by atoms with van der Waals surface area (Å²) < 4.78 is 5.27. The first-order valence-electron chi connectivity index (χ1n) is 3.69. The van der Waals surface area contributed by atoms with Gasteiger partial charge < -0.3 is 9.84 Å². The third kappa shape index (κ3) is 5.85. The molecule has 0 aliphatic rings. The minimum absolute atomic E-state index is 0.246. The summed E-state index contributed by atoms with van der Waals surface area (Å²) in [6.07, 6.45) is 0. The van der Waals surface area contributed by atoms with Crippen molar-refractivity contribution in [2.24, 2.45) is 5.92 Å². The van der Waals surface area contributed by atoms with Crippen molar-refractivity contribution in [1.82, 2.24) is 0 Å². The van der Waals surface area contributed by atoms with Crippen molar-refractivity contribution in [2.45, 2.75) is 33.3 Å². The number of rotatable bonds is 3. The van der Waals surface area contributed by atoms with Gasteiger partial charge >= 0.3 is 5.97 Å². The van der Waals surface area contributed by atoms with Gasteiger partial charge in [0.1, 0.15) is 0 Å². The summed E-state index contributed by atoms with van der Waals surface area (Å²) in [6.45, 7) is 7.62. The van der Waals surface area contributed by atoms with E-state index in [1.54, 1.807) is 6.92 Å². The molecule has 0 fully saturated rings. The van der Waals surface area contributed by atoms with E-state index in [0.717, 1.165) is 0 Å². The van der Waals surface area contributed by atoms with Gasteiger partial charge in [-0.3, -0.25) is 4.79 Å². The Hall–Kier alpha value is -0.570. The number of carbonyl (C=O) groups is 1. The lowest BCUT2D eigenvalue weighted by Gasteiger charge is -2.20. The summed E-state index contributed by atoms with van der Waals surface area (Å²) in [5, 5.41) is 8.50. The van der Waals surface area contributed by atoms with E-state index in [1.165, 1.54) is 0 Å². The quantitative estimate of drug-likeness (QED) is 0.681. The van der Waals surface area contributed by atoms with E-state index in [4.69, 9.17) is 9.84 Å². The molecule has 0 amide bonds. The second-order valence-electron chi connectivity index (χ2n) is 3.66. The van der Waals surface area contributed by atoms with Crippen LogP contribution in [-0.4, -0.2) is 23.3 Å². The third-order valence-electron chi connectivity index (χ3n) is 1.19. The van der Waals surface area contributed by atoms with E-state index in [9.17, 15) is 4.79 Å². The highest BCUT2D eigenvalue weighted by Gasteiger charge is 2.16. The van der Waals surface area contributed by atoms with E-state index in [1.807, 2.05) is 20.8 Å². The normalized spacial score (nSPS) is 14.5. The number of aliphatic carboxylic acids is 1. The lowest BCUT2D eigenvalue weighted by atomic mass is 10.1. The second-order valence-corrected chi connectivity index (χ2v) is 3.66. The maximum atomic E-state index is 10.3. The summed E-state index contributed by atoms with van der Waals surface area (Å²) in [6, 6.07) is 0. The molecular formula is C8H16O3. The monoisotopic (exact) mass is 160 g/mol. The lowest BCUT2D eigenvalue weighted by molar-refractivity contribution is -0.145. The van der Waals surface area contributed by atoms with Crippen molar-refractivity contribution in [1.29, 1.82) is 0 Å². The molecule has 0 saturated heterocycles. The second kappa shape index (κ2) is 3.72. The fraction of sp³-hybridized carbons (Fsp3) is 0.875. The number of carboxylic acid groups (broad SMARTS) is 1. The fourth-order valence-electron chi connectivity index (χ4n) is 0.446. The Balaban J connectivity index is 3.63. The molecule has 0 aromatic heterocycles. The Kier molecular flexibility index (Phi) is 3.52. The van der Waals surface area contributed by atoms with E-state index in [-0.39, 0.29) is 12.2 Å². The van der Waals surface area contributed by atoms with E-state index in [0.29, 0.717) is 0 Å². The zero-order valence-corrected chi connectivity index (χ0v) is 7.55. The lowest BCUT2D eigenvalue weighted by Crippen LogP contribution is -2.25. The first kappa shape index (κ1) is 10.4. The molecule has 0 aliphatic heterocycles. The molecule has 3 nitrogen and oxygen atoms in total. The molecule has 0 spiro atoms. The number of ether oxygens (including phenoxy) is 1. The average molecular weight is 160 g/mol. The zero-order valence-electron chi connectivity index (χ0n) is 7.55. The molecule has 0 unspecified atom stereocenters. The van der Waals surface area contributed by atoms with E-state index in [2.05, 4.69) is 0 Å². The van der Waals surface area contributed by atoms with Crippen LogP contribution in [0.3, 0.4) is 0 Å². The Morgan fingerprint density at radius 2 is 2.00 bits per heavy atom. The van der Waals surface area contributed by atoms with Crippen LogP contribution in [0.15, 0.2) is 0 Å². The first-order chi connectivity index (χ1) is 4.83. The van der Waals surface area contributed by atoms with Crippen LogP contribution in [0.5, 0.6) is 0 Å². The number of hydrogen-bond donors (Lipinski definition) is 1. The molecular weight excluding hydrogens is 144 g/mol. The van der Waals surface area contributed by atoms with Crippen molar-refractivity contribution in [3.63, 3.8) is 0 Å². The minimum atomic E-state index is -0.811. The molecule has 0 aliphatic carbocycles. The maximum Gasteiger partial charge on any atom is 0.308 e. The summed E-state index contributed by atoms with van der Waals surface area (Å²) in [7, 11) is 0. The van der Waals surface area contributed by atoms with Gasteiger partial charge in [-0.25, -0.2) is 0 Å². The zero-order chi connectivity index (χ0) is 9.07. The predicted octanol–water partition coefficient (Wildman–Crippen LogP) is 1.52. The Morgan fingerprint density at radius 3 is 2.27 bits per heavy atom. The molecule has 0 aromatic rings. The van der Waals surface area contributed by atoms with Gasteiger partial charge in [0.2, 0.25) is 0 Å². The van der Waals surface area contributed by atoms with Crippen LogP contribution in [0.25, 0.3) is 0 Å². The maximum absolute atomic E-state index is 10.3. The minimum Gasteiger partial charge on any atom is -0.481 e. The summed E-state index contributed by atoms with van der Waals surface area (Å²) >= 11 is 0. The van der Waals surface area contributed by atoms with Gasteiger partial charge in [-0.15, -0.1) is 0 Å². The standard InChI is InChI=1S/C8H16O3/c1-6(7(9)10)5-11-8(2,3)4/h6H,5H2,1-4H3,(H,9,10)/t6-/m1/s1. The van der Waals surface area contributed by atoms with Gasteiger partial charge in [-0.1, -0.05) is 0 Å². The molecule has 3 heteroatoms. The van der Waals surface area contributed by atoms with Gasteiger partial charge in [-0.05, 0) is 27.7 Å². The van der Waals surface area contributed by atoms with Crippen LogP contribution in [-0.2, 0) is 9.53 Å². The van der Waals surface area contributed by atoms with E-state index < -0.39 is 11.9 Å². The molecule has 1 N–H and O–H groups in total. The average Bonchev–Trinajstić information content (AvgIpc) is 1.80. The molecule has 11 heavy (non-hydrogen) atoms. The molecule has 0 aromatic carbocycles. The molecule has 0 bridgehead atoms. The van der Waals surface area contributed by atoms with Gasteiger partial charge in [0.25, 0.3) is 0 Å². The molecule has 1 atom stereocenters. The van der Waals surface area contributed by atoms with Gasteiger partial charge in [0.15, 0.2) is 0 Å². The van der Waals surface area contributed by atoms with Crippen molar-refractivity contribution in [2.75, 3.05) is 6.61 Å². The third-order valence-corrected chi connectivity index (χ3v) is 1.19. The van der Waals surface area contributed by atoms with Crippen molar-refractivity contribution < 1.29 is 14.6 Å². The van der Waals surface area contributed by atoms with Crippen LogP contribution in [0.2, 0.25) is 0 Å². The highest BCUT2D eigenvalue weighted by atomic mass is 16.5. The van der Waals surface area contributed by atoms with Crippen molar-refractivity contribution >= 4 is 5.97 Å². The van der Waals surface area contributed by atoms with Crippen LogP contribution < -0.4 is 0 Å². The summed E-state index contributed by atoms with van der Waals surface area (Å²) in [5.41, 5.74) is -0.246. The van der Waals surface area contributed by atoms with Gasteiger partial charge in [0, 0.05) is 0 Å². The number of hydrogen-bond acceptors (Lipinski definition) is 2. The highest BCUT2D eigenvalue weighted by Crippen LogP contribution is 2.09. The predicted molar refractivity (Wildman–Crippen MR) is 42.5 cm³/mol. The fourth-order valence-corrected chi connectivity index (χ4v) is 0.446. The van der Waals surface area contributed by atoms with Crippen LogP contribution >= 0.6 is 0 Å². The van der Waals surface area contributed by atoms with Crippen LogP contribution in [0.4, 0.5) is 0 Å². The summed E-state index contributed by atoms with van der Waals surface area (Å²) in [5.74, 6) is -1.23. The molecule has 0 rings (SSSR count). The topological polar surface area (TPSA) is 46.5 Å². The highest BCUT2D eigenvalue weighted by molar-refractivity contribution is 5.69. The molecule has 0 heterocycles. The van der Waals surface area contributed by atoms with Crippen molar-refractivity contribution in [3.05, 3.63) is 0 Å². The SMILES string of the molecule is C[C@H](COC(C)(C)C)C(=O)O. The number of carboxylic acids is 1. The first-order valence-corrected chi connectivity index (χ1v) is 3.69. The smallest absolute Gasteiger partial charge is 0.308 e. The molecule has 0 radical (unpaired) electrons. The molecule has 66 valence electrons. The van der Waals surface area contributed by atoms with Gasteiger partial charge in [0.05, 0.1) is 18.1 Å². The largest absolute Gasteiger partial charge is 0.481 e. The van der Waals surface area contributed by atoms with Crippen LogP contribution in [0.1, 0.15) is 27.7 Å². The Morgan fingerprint density at radius 1 is 1.55 bits per heavy atom. The Labute approximate surface area is 67.4 Å². The summed E-state index contributed by atoms with van der Waals surface area (Å²) in [4.78, 5) is 10.3. The van der Waals surface area contributed by atoms with E-state index >= 15 is 0 Å². The van der Waals surface area contributed by atoms with Gasteiger partial charge in [-0.2, -0.15) is 0 Å². The van der Waals surface area contributed by atoms with Crippen LogP contribution in [0, 0.1) is 5.92 Å². The molecule has 0 saturated carbocycles.